The fourth-order valence-electron chi connectivity index (χ4n) is 2.11. The maximum absolute atomic E-state index is 12.0. The average molecular weight is 246 g/mol. The van der Waals surface area contributed by atoms with Gasteiger partial charge in [-0.05, 0) is 31.2 Å². The minimum absolute atomic E-state index is 0.219. The van der Waals surface area contributed by atoms with Crippen molar-refractivity contribution in [3.05, 3.63) is 35.9 Å². The van der Waals surface area contributed by atoms with Crippen LogP contribution in [-0.2, 0) is 9.53 Å². The highest BCUT2D eigenvalue weighted by atomic mass is 16.5. The van der Waals surface area contributed by atoms with Crippen molar-refractivity contribution in [3.8, 4) is 0 Å². The van der Waals surface area contributed by atoms with Crippen LogP contribution >= 0.6 is 0 Å². The summed E-state index contributed by atoms with van der Waals surface area (Å²) in [6.07, 6.45) is 3.71. The van der Waals surface area contributed by atoms with Crippen LogP contribution in [0.2, 0.25) is 0 Å². The molecule has 1 amide bonds. The molecule has 0 saturated heterocycles. The molecule has 1 aliphatic rings. The van der Waals surface area contributed by atoms with Crippen molar-refractivity contribution in [2.75, 3.05) is 7.11 Å². The van der Waals surface area contributed by atoms with E-state index in [0.29, 0.717) is 0 Å². The molecule has 1 aromatic rings. The van der Waals surface area contributed by atoms with E-state index in [1.54, 1.807) is 0 Å². The van der Waals surface area contributed by atoms with Gasteiger partial charge in [0.25, 0.3) is 5.91 Å². The van der Waals surface area contributed by atoms with Crippen molar-refractivity contribution in [1.29, 1.82) is 0 Å². The number of benzene rings is 1. The number of nitrogens with zero attached hydrogens (tertiary/aromatic N) is 1. The summed E-state index contributed by atoms with van der Waals surface area (Å²) in [5.74, 6) is -0.219. The smallest absolute Gasteiger partial charge is 0.273 e. The number of rotatable bonds is 4. The summed E-state index contributed by atoms with van der Waals surface area (Å²) in [5.41, 5.74) is 4.51. The normalized spacial score (nSPS) is 16.4. The molecule has 1 aromatic carbocycles. The van der Waals surface area contributed by atoms with Crippen molar-refractivity contribution in [1.82, 2.24) is 5.43 Å². The number of hydrogen-bond donors (Lipinski definition) is 1. The molecule has 0 aromatic heterocycles. The average Bonchev–Trinajstić information content (AvgIpc) is 2.92. The maximum Gasteiger partial charge on any atom is 0.273 e. The van der Waals surface area contributed by atoms with E-state index in [1.807, 2.05) is 30.3 Å². The van der Waals surface area contributed by atoms with Gasteiger partial charge in [0.1, 0.15) is 0 Å². The first-order valence-corrected chi connectivity index (χ1v) is 6.24. The summed E-state index contributed by atoms with van der Waals surface area (Å²) in [6, 6.07) is 9.43. The van der Waals surface area contributed by atoms with Crippen LogP contribution in [0.15, 0.2) is 35.4 Å². The van der Waals surface area contributed by atoms with Crippen molar-refractivity contribution >= 4 is 11.6 Å². The van der Waals surface area contributed by atoms with Gasteiger partial charge in [-0.2, -0.15) is 5.10 Å². The molecule has 1 saturated carbocycles. The molecule has 1 N–H and O–H groups in total. The molecule has 0 unspecified atom stereocenters. The van der Waals surface area contributed by atoms with Gasteiger partial charge >= 0.3 is 0 Å². The number of hydrazone groups is 1. The highest BCUT2D eigenvalue weighted by molar-refractivity contribution is 5.88. The topological polar surface area (TPSA) is 50.7 Å². The van der Waals surface area contributed by atoms with Gasteiger partial charge < -0.3 is 4.74 Å². The number of carbonyl (C=O) groups excluding carboxylic acids is 1. The summed E-state index contributed by atoms with van der Waals surface area (Å²) in [6.45, 7) is 0. The monoisotopic (exact) mass is 246 g/mol. The second kappa shape index (κ2) is 6.31. The van der Waals surface area contributed by atoms with Crippen LogP contribution in [0.4, 0.5) is 0 Å². The Labute approximate surface area is 107 Å². The molecule has 96 valence electrons. The molecular weight excluding hydrogens is 228 g/mol. The summed E-state index contributed by atoms with van der Waals surface area (Å²) >= 11 is 0. The number of nitrogens with one attached hydrogen (secondary N) is 1. The van der Waals surface area contributed by atoms with Gasteiger partial charge in [0.2, 0.25) is 0 Å². The van der Waals surface area contributed by atoms with Gasteiger partial charge in [-0.25, -0.2) is 5.43 Å². The fraction of sp³-hybridized carbons (Fsp3) is 0.429. The number of hydrogen-bond acceptors (Lipinski definition) is 3. The minimum atomic E-state index is -0.600. The van der Waals surface area contributed by atoms with Crippen molar-refractivity contribution in [2.24, 2.45) is 5.10 Å². The predicted molar refractivity (Wildman–Crippen MR) is 70.2 cm³/mol. The van der Waals surface area contributed by atoms with Gasteiger partial charge in [-0.3, -0.25) is 4.79 Å². The quantitative estimate of drug-likeness (QED) is 0.829. The van der Waals surface area contributed by atoms with E-state index in [-0.39, 0.29) is 5.91 Å². The van der Waals surface area contributed by atoms with Gasteiger partial charge in [0.05, 0.1) is 0 Å². The maximum atomic E-state index is 12.0. The highest BCUT2D eigenvalue weighted by Gasteiger charge is 2.19. The Morgan fingerprint density at radius 2 is 1.94 bits per heavy atom. The van der Waals surface area contributed by atoms with Crippen LogP contribution in [0.1, 0.15) is 37.4 Å². The Morgan fingerprint density at radius 1 is 1.28 bits per heavy atom. The Kier molecular flexibility index (Phi) is 4.47. The Balaban J connectivity index is 2.00. The van der Waals surface area contributed by atoms with Crippen LogP contribution < -0.4 is 5.43 Å². The first kappa shape index (κ1) is 12.8. The number of carbonyl (C=O) groups is 1. The van der Waals surface area contributed by atoms with Crippen LogP contribution in [0.5, 0.6) is 0 Å². The van der Waals surface area contributed by atoms with E-state index in [2.05, 4.69) is 10.5 Å². The zero-order valence-electron chi connectivity index (χ0n) is 10.6. The lowest BCUT2D eigenvalue weighted by Crippen LogP contribution is -2.27. The van der Waals surface area contributed by atoms with Crippen LogP contribution in [0, 0.1) is 0 Å². The van der Waals surface area contributed by atoms with Crippen molar-refractivity contribution in [3.63, 3.8) is 0 Å². The van der Waals surface area contributed by atoms with Crippen molar-refractivity contribution in [2.45, 2.75) is 31.8 Å². The molecule has 0 heterocycles. The van der Waals surface area contributed by atoms with E-state index >= 15 is 0 Å². The second-order valence-corrected chi connectivity index (χ2v) is 4.39. The Hall–Kier alpha value is -1.68. The standard InChI is InChI=1S/C14H18N2O2/c1-18-13(11-7-3-2-4-8-11)14(17)16-15-12-9-5-6-10-12/h2-4,7-8,13H,5-6,9-10H2,1H3,(H,16,17)/t13-/m0/s1. The van der Waals surface area contributed by atoms with Crippen LogP contribution in [0.3, 0.4) is 0 Å². The Bertz CT molecular complexity index is 421. The van der Waals surface area contributed by atoms with E-state index in [9.17, 15) is 4.79 Å². The molecule has 0 bridgehead atoms. The lowest BCUT2D eigenvalue weighted by atomic mass is 10.1. The molecule has 1 atom stereocenters. The van der Waals surface area contributed by atoms with E-state index in [0.717, 1.165) is 24.1 Å². The fourth-order valence-corrected chi connectivity index (χ4v) is 2.11. The first-order valence-electron chi connectivity index (χ1n) is 6.24. The second-order valence-electron chi connectivity index (χ2n) is 4.39. The third-order valence-electron chi connectivity index (χ3n) is 3.08. The molecule has 0 aliphatic heterocycles. The van der Waals surface area contributed by atoms with Gasteiger partial charge in [0, 0.05) is 12.8 Å². The SMILES string of the molecule is CO[C@H](C(=O)NN=C1CCCC1)c1ccccc1. The molecule has 0 spiro atoms. The predicted octanol–water partition coefficient (Wildman–Crippen LogP) is 2.42. The molecule has 18 heavy (non-hydrogen) atoms. The zero-order chi connectivity index (χ0) is 12.8. The third-order valence-corrected chi connectivity index (χ3v) is 3.08. The van der Waals surface area contributed by atoms with Gasteiger partial charge in [0.15, 0.2) is 6.10 Å². The first-order chi connectivity index (χ1) is 8.81. The number of methoxy groups -OCH3 is 1. The number of ether oxygens (including phenoxy) is 1. The highest BCUT2D eigenvalue weighted by Crippen LogP contribution is 2.17. The lowest BCUT2D eigenvalue weighted by molar-refractivity contribution is -0.131. The molecule has 1 aliphatic carbocycles. The number of amides is 1. The Morgan fingerprint density at radius 3 is 2.56 bits per heavy atom. The van der Waals surface area contributed by atoms with E-state index in [4.69, 9.17) is 4.74 Å². The lowest BCUT2D eigenvalue weighted by Gasteiger charge is -2.13. The molecule has 0 radical (unpaired) electrons. The van der Waals surface area contributed by atoms with Crippen LogP contribution in [-0.4, -0.2) is 18.7 Å². The zero-order valence-corrected chi connectivity index (χ0v) is 10.6. The largest absolute Gasteiger partial charge is 0.367 e. The van der Waals surface area contributed by atoms with Gasteiger partial charge in [-0.1, -0.05) is 30.3 Å². The summed E-state index contributed by atoms with van der Waals surface area (Å²) in [4.78, 5) is 12.0. The van der Waals surface area contributed by atoms with Crippen molar-refractivity contribution < 1.29 is 9.53 Å². The molecule has 1 fully saturated rings. The minimum Gasteiger partial charge on any atom is -0.367 e. The molecule has 4 nitrogen and oxygen atoms in total. The summed E-state index contributed by atoms with van der Waals surface area (Å²) in [7, 11) is 1.53. The van der Waals surface area contributed by atoms with E-state index < -0.39 is 6.10 Å². The molecule has 4 heteroatoms. The summed E-state index contributed by atoms with van der Waals surface area (Å²) < 4.78 is 5.23. The van der Waals surface area contributed by atoms with Crippen LogP contribution in [0.25, 0.3) is 0 Å². The van der Waals surface area contributed by atoms with E-state index in [1.165, 1.54) is 20.0 Å². The molecular formula is C14H18N2O2. The van der Waals surface area contributed by atoms with Gasteiger partial charge in [-0.15, -0.1) is 0 Å². The summed E-state index contributed by atoms with van der Waals surface area (Å²) in [5, 5.41) is 4.15. The molecule has 2 rings (SSSR count). The third kappa shape index (κ3) is 3.17.